The summed E-state index contributed by atoms with van der Waals surface area (Å²) in [6.07, 6.45) is 4.06. The van der Waals surface area contributed by atoms with E-state index in [0.717, 1.165) is 25.7 Å². The molecule has 0 N–H and O–H groups in total. The van der Waals surface area contributed by atoms with Crippen LogP contribution in [0.2, 0.25) is 5.02 Å². The molecule has 1 saturated carbocycles. The molecule has 0 heterocycles. The Hall–Kier alpha value is -2.07. The van der Waals surface area contributed by atoms with E-state index in [9.17, 15) is 9.18 Å². The van der Waals surface area contributed by atoms with Crippen LogP contribution in [0.5, 0.6) is 5.75 Å². The van der Waals surface area contributed by atoms with E-state index in [1.165, 1.54) is 29.3 Å². The van der Waals surface area contributed by atoms with Crippen molar-refractivity contribution in [2.75, 3.05) is 6.61 Å². The van der Waals surface area contributed by atoms with Gasteiger partial charge in [0.25, 0.3) is 5.91 Å². The first-order valence-electron chi connectivity index (χ1n) is 8.60. The van der Waals surface area contributed by atoms with Crippen molar-refractivity contribution in [2.45, 2.75) is 37.8 Å². The van der Waals surface area contributed by atoms with Crippen molar-refractivity contribution in [3.8, 4) is 5.75 Å². The Morgan fingerprint density at radius 3 is 2.76 bits per heavy atom. The second-order valence-electron chi connectivity index (χ2n) is 6.65. The Balaban J connectivity index is 1.48. The van der Waals surface area contributed by atoms with Crippen LogP contribution in [-0.4, -0.2) is 23.5 Å². The number of carbonyl (C=O) groups excluding carboxylic acids is 1. The van der Waals surface area contributed by atoms with E-state index in [1.807, 2.05) is 17.0 Å². The third-order valence-electron chi connectivity index (χ3n) is 4.92. The Bertz CT molecular complexity index is 806. The molecule has 1 amide bonds. The smallest absolute Gasteiger partial charge is 0.261 e. The van der Waals surface area contributed by atoms with Crippen LogP contribution in [0.4, 0.5) is 4.39 Å². The quantitative estimate of drug-likeness (QED) is 0.784. The van der Waals surface area contributed by atoms with Gasteiger partial charge >= 0.3 is 0 Å². The fourth-order valence-electron chi connectivity index (χ4n) is 3.59. The number of fused-ring (bicyclic) bond motifs is 1. The molecule has 0 saturated heterocycles. The van der Waals surface area contributed by atoms with Crippen LogP contribution in [0.25, 0.3) is 0 Å². The maximum Gasteiger partial charge on any atom is 0.261 e. The zero-order valence-electron chi connectivity index (χ0n) is 13.8. The first kappa shape index (κ1) is 16.4. The number of amides is 1. The van der Waals surface area contributed by atoms with Gasteiger partial charge in [0, 0.05) is 12.1 Å². The van der Waals surface area contributed by atoms with Crippen molar-refractivity contribution < 1.29 is 13.9 Å². The summed E-state index contributed by atoms with van der Waals surface area (Å²) in [4.78, 5) is 14.8. The molecule has 0 spiro atoms. The Kier molecular flexibility index (Phi) is 4.38. The maximum atomic E-state index is 13.2. The molecule has 1 fully saturated rings. The molecule has 0 bridgehead atoms. The van der Waals surface area contributed by atoms with Crippen molar-refractivity contribution in [1.29, 1.82) is 0 Å². The van der Waals surface area contributed by atoms with Crippen LogP contribution in [0, 0.1) is 5.82 Å². The number of nitrogens with zero attached hydrogens (tertiary/aromatic N) is 1. The van der Waals surface area contributed by atoms with Crippen LogP contribution >= 0.6 is 11.6 Å². The van der Waals surface area contributed by atoms with E-state index < -0.39 is 5.82 Å². The van der Waals surface area contributed by atoms with Crippen LogP contribution in [0.1, 0.15) is 36.4 Å². The molecule has 1 unspecified atom stereocenters. The molecule has 0 aliphatic heterocycles. The van der Waals surface area contributed by atoms with Crippen LogP contribution in [0.15, 0.2) is 42.5 Å². The predicted molar refractivity (Wildman–Crippen MR) is 94.3 cm³/mol. The predicted octanol–water partition coefficient (Wildman–Crippen LogP) is 4.54. The highest BCUT2D eigenvalue weighted by molar-refractivity contribution is 6.30. The van der Waals surface area contributed by atoms with Crippen LogP contribution in [-0.2, 0) is 11.2 Å². The number of rotatable bonds is 5. The monoisotopic (exact) mass is 359 g/mol. The molecule has 2 aliphatic carbocycles. The molecule has 4 rings (SSSR count). The lowest BCUT2D eigenvalue weighted by Crippen LogP contribution is -2.39. The van der Waals surface area contributed by atoms with Crippen molar-refractivity contribution >= 4 is 17.5 Å². The maximum absolute atomic E-state index is 13.2. The van der Waals surface area contributed by atoms with Gasteiger partial charge in [-0.25, -0.2) is 4.39 Å². The Morgan fingerprint density at radius 2 is 2.00 bits per heavy atom. The second-order valence-corrected chi connectivity index (χ2v) is 7.06. The van der Waals surface area contributed by atoms with E-state index in [2.05, 4.69) is 12.1 Å². The minimum Gasteiger partial charge on any atom is -0.484 e. The largest absolute Gasteiger partial charge is 0.484 e. The van der Waals surface area contributed by atoms with Crippen LogP contribution in [0.3, 0.4) is 0 Å². The summed E-state index contributed by atoms with van der Waals surface area (Å²) in [5, 5.41) is -0.00582. The van der Waals surface area contributed by atoms with Gasteiger partial charge in [0.15, 0.2) is 6.61 Å². The first-order chi connectivity index (χ1) is 12.1. The zero-order valence-corrected chi connectivity index (χ0v) is 14.5. The Morgan fingerprint density at radius 1 is 1.20 bits per heavy atom. The fourth-order valence-corrected chi connectivity index (χ4v) is 3.77. The normalized spacial score (nSPS) is 18.7. The van der Waals surface area contributed by atoms with Gasteiger partial charge in [0.05, 0.1) is 11.1 Å². The summed E-state index contributed by atoms with van der Waals surface area (Å²) >= 11 is 5.76. The van der Waals surface area contributed by atoms with Gasteiger partial charge in [-0.1, -0.05) is 35.9 Å². The van der Waals surface area contributed by atoms with Crippen molar-refractivity contribution in [3.63, 3.8) is 0 Å². The third kappa shape index (κ3) is 3.36. The second kappa shape index (κ2) is 6.68. The minimum absolute atomic E-state index is 0.00582. The molecule has 3 nitrogen and oxygen atoms in total. The number of ether oxygens (including phenoxy) is 1. The number of benzene rings is 2. The topological polar surface area (TPSA) is 29.5 Å². The molecule has 130 valence electrons. The van der Waals surface area contributed by atoms with Crippen molar-refractivity contribution in [2.24, 2.45) is 0 Å². The van der Waals surface area contributed by atoms with Crippen molar-refractivity contribution in [1.82, 2.24) is 4.90 Å². The van der Waals surface area contributed by atoms with Gasteiger partial charge in [-0.2, -0.15) is 0 Å². The molecular weight excluding hydrogens is 341 g/mol. The van der Waals surface area contributed by atoms with E-state index in [1.54, 1.807) is 0 Å². The number of hydrogen-bond acceptors (Lipinski definition) is 2. The summed E-state index contributed by atoms with van der Waals surface area (Å²) < 4.78 is 18.8. The van der Waals surface area contributed by atoms with Gasteiger partial charge in [-0.05, 0) is 48.9 Å². The number of carbonyl (C=O) groups is 1. The molecule has 1 atom stereocenters. The highest BCUT2D eigenvalue weighted by atomic mass is 35.5. The summed E-state index contributed by atoms with van der Waals surface area (Å²) in [5.41, 5.74) is 2.59. The molecule has 2 aromatic rings. The van der Waals surface area contributed by atoms with E-state index in [-0.39, 0.29) is 23.6 Å². The van der Waals surface area contributed by atoms with E-state index in [0.29, 0.717) is 11.8 Å². The van der Waals surface area contributed by atoms with Gasteiger partial charge < -0.3 is 9.64 Å². The molecule has 0 aromatic heterocycles. The number of aryl methyl sites for hydroxylation is 1. The summed E-state index contributed by atoms with van der Waals surface area (Å²) in [7, 11) is 0. The van der Waals surface area contributed by atoms with Gasteiger partial charge in [-0.3, -0.25) is 4.79 Å². The van der Waals surface area contributed by atoms with Gasteiger partial charge in [-0.15, -0.1) is 0 Å². The molecule has 25 heavy (non-hydrogen) atoms. The Labute approximate surface area is 151 Å². The zero-order chi connectivity index (χ0) is 17.4. The first-order valence-corrected chi connectivity index (χ1v) is 8.98. The highest BCUT2D eigenvalue weighted by Gasteiger charge is 2.40. The SMILES string of the molecule is O=C(COc1ccc(F)c(Cl)c1)N(C1CC1)C1CCc2ccccc21. The molecule has 5 heteroatoms. The molecule has 2 aromatic carbocycles. The van der Waals surface area contributed by atoms with Gasteiger partial charge in [0.1, 0.15) is 11.6 Å². The van der Waals surface area contributed by atoms with E-state index in [4.69, 9.17) is 16.3 Å². The average molecular weight is 360 g/mol. The lowest BCUT2D eigenvalue weighted by molar-refractivity contribution is -0.136. The lowest BCUT2D eigenvalue weighted by Gasteiger charge is -2.30. The summed E-state index contributed by atoms with van der Waals surface area (Å²) in [6, 6.07) is 12.9. The lowest BCUT2D eigenvalue weighted by atomic mass is 10.1. The highest BCUT2D eigenvalue weighted by Crippen LogP contribution is 2.41. The van der Waals surface area contributed by atoms with Gasteiger partial charge in [0.2, 0.25) is 0 Å². The van der Waals surface area contributed by atoms with Crippen LogP contribution < -0.4 is 4.74 Å². The minimum atomic E-state index is -0.498. The fraction of sp³-hybridized carbons (Fsp3) is 0.350. The third-order valence-corrected chi connectivity index (χ3v) is 5.21. The molecule has 0 radical (unpaired) electrons. The van der Waals surface area contributed by atoms with E-state index >= 15 is 0 Å². The average Bonchev–Trinajstić information content (AvgIpc) is 3.36. The summed E-state index contributed by atoms with van der Waals surface area (Å²) in [6.45, 7) is -0.0584. The standard InChI is InChI=1S/C20H19ClFNO2/c21-17-11-15(8-9-18(17)22)25-12-20(24)23(14-6-7-14)19-10-5-13-3-1-2-4-16(13)19/h1-4,8-9,11,14,19H,5-7,10,12H2. The van der Waals surface area contributed by atoms with Crippen molar-refractivity contribution in [3.05, 3.63) is 64.4 Å². The number of halogens is 2. The molecule has 2 aliphatic rings. The molecular formula is C20H19ClFNO2. The summed E-state index contributed by atoms with van der Waals surface area (Å²) in [5.74, 6) is -0.116. The number of hydrogen-bond donors (Lipinski definition) is 0.